The Morgan fingerprint density at radius 2 is 1.63 bits per heavy atom. The maximum Gasteiger partial charge on any atom is 0.263 e. The van der Waals surface area contributed by atoms with Crippen LogP contribution in [0, 0.1) is 20.8 Å². The van der Waals surface area contributed by atoms with Crippen molar-refractivity contribution in [2.24, 2.45) is 0 Å². The molecule has 2 fully saturated rings. The number of ether oxygens (including phenoxy) is 2. The smallest absolute Gasteiger partial charge is 0.263 e. The van der Waals surface area contributed by atoms with E-state index < -0.39 is 0 Å². The van der Waals surface area contributed by atoms with Crippen LogP contribution in [0.2, 0.25) is 0 Å². The average Bonchev–Trinajstić information content (AvgIpc) is 3.92. The Labute approximate surface area is 371 Å². The van der Waals surface area contributed by atoms with Gasteiger partial charge in [0.05, 0.1) is 55.1 Å². The monoisotopic (exact) mass is 879 g/mol. The van der Waals surface area contributed by atoms with E-state index in [-0.39, 0.29) is 34.8 Å². The molecule has 2 amide bonds. The van der Waals surface area contributed by atoms with Gasteiger partial charge >= 0.3 is 0 Å². The third-order valence-corrected chi connectivity index (χ3v) is 12.5. The Morgan fingerprint density at radius 3 is 2.35 bits per heavy atom. The molecule has 17 nitrogen and oxygen atoms in total. The first-order valence-electron chi connectivity index (χ1n) is 21.7. The van der Waals surface area contributed by atoms with Crippen LogP contribution >= 0.6 is 11.3 Å². The van der Waals surface area contributed by atoms with Crippen molar-refractivity contribution < 1.29 is 23.9 Å². The molecular weight excluding hydrogens is 823 g/mol. The number of aryl methyl sites for hydroxylation is 3. The van der Waals surface area contributed by atoms with Gasteiger partial charge in [0.25, 0.3) is 11.5 Å². The predicted molar refractivity (Wildman–Crippen MR) is 246 cm³/mol. The number of anilines is 5. The molecule has 63 heavy (non-hydrogen) atoms. The molecule has 1 aliphatic carbocycles. The first kappa shape index (κ1) is 45.2. The van der Waals surface area contributed by atoms with Crippen molar-refractivity contribution in [2.45, 2.75) is 65.8 Å². The molecule has 4 N–H and O–H groups in total. The third kappa shape index (κ3) is 11.6. The number of amides is 2. The van der Waals surface area contributed by atoms with Gasteiger partial charge in [0.1, 0.15) is 11.5 Å². The van der Waals surface area contributed by atoms with E-state index in [1.165, 1.54) is 18.3 Å². The molecule has 0 radical (unpaired) electrons. The lowest BCUT2D eigenvalue weighted by molar-refractivity contribution is -0.122. The van der Waals surface area contributed by atoms with E-state index in [1.807, 2.05) is 50.4 Å². The van der Waals surface area contributed by atoms with Crippen molar-refractivity contribution in [1.29, 1.82) is 0 Å². The number of aromatic nitrogens is 5. The van der Waals surface area contributed by atoms with E-state index in [1.54, 1.807) is 23.8 Å². The molecule has 1 aromatic carbocycles. The second-order valence-electron chi connectivity index (χ2n) is 15.9. The number of rotatable bonds is 20. The Kier molecular flexibility index (Phi) is 15.4. The largest absolute Gasteiger partial charge is 0.384 e. The molecule has 0 unspecified atom stereocenters. The standard InChI is InChI=1S/C45H57N11O6S/c1-29-36-27-49-44(52-41(36)56(33-10-5-6-11-33)43(60)40(29)31(3)57)51-38-15-14-34(26-48-38)55-20-18-54(19-21-55)28-39(58)47-17-23-62-25-24-61-22-9-16-46-37-13-8-7-12-35(37)42(59)53-45-50-30(2)32(4)63-45/h7-8,12-15,26-27,33,46H,5-6,9-11,16-25,28H2,1-4H3,(H,47,58)(H,50,53,59)(H,48,49,51,52). The zero-order chi connectivity index (χ0) is 44.3. The second-order valence-corrected chi connectivity index (χ2v) is 17.1. The first-order valence-corrected chi connectivity index (χ1v) is 22.5. The SMILES string of the molecule is CC(=O)c1c(C)c2cnc(Nc3ccc(N4CCN(CC(=O)NCCOCCOCCCNc5ccccc5C(=O)Nc5nc(C)c(C)s5)CC4)cn3)nc2n(C2CCCC2)c1=O. The highest BCUT2D eigenvalue weighted by Gasteiger charge is 2.26. The number of hydrogen-bond acceptors (Lipinski definition) is 15. The number of hydrogen-bond donors (Lipinski definition) is 4. The molecule has 0 spiro atoms. The van der Waals surface area contributed by atoms with Crippen molar-refractivity contribution in [3.8, 4) is 0 Å². The van der Waals surface area contributed by atoms with E-state index >= 15 is 0 Å². The summed E-state index contributed by atoms with van der Waals surface area (Å²) in [6.45, 7) is 13.3. The van der Waals surface area contributed by atoms with Gasteiger partial charge in [0, 0.05) is 74.1 Å². The molecule has 0 bridgehead atoms. The number of carbonyl (C=O) groups is 3. The quantitative estimate of drug-likeness (QED) is 0.0552. The van der Waals surface area contributed by atoms with Crippen LogP contribution in [0.15, 0.2) is 53.6 Å². The van der Waals surface area contributed by atoms with Crippen LogP contribution in [0.5, 0.6) is 0 Å². The summed E-state index contributed by atoms with van der Waals surface area (Å²) in [5, 5.41) is 13.7. The number of fused-ring (bicyclic) bond motifs is 1. The zero-order valence-corrected chi connectivity index (χ0v) is 37.3. The van der Waals surface area contributed by atoms with Crippen molar-refractivity contribution in [3.63, 3.8) is 0 Å². The van der Waals surface area contributed by atoms with Crippen LogP contribution in [0.1, 0.15) is 81.9 Å². The number of thiazole rings is 1. The molecule has 5 aromatic rings. The molecule has 2 aliphatic rings. The summed E-state index contributed by atoms with van der Waals surface area (Å²) in [5.74, 6) is 0.413. The average molecular weight is 880 g/mol. The number of carbonyl (C=O) groups excluding carboxylic acids is 3. The molecule has 5 heterocycles. The third-order valence-electron chi connectivity index (χ3n) is 11.5. The Bertz CT molecular complexity index is 2420. The topological polar surface area (TPSA) is 198 Å². The fourth-order valence-corrected chi connectivity index (χ4v) is 8.81. The summed E-state index contributed by atoms with van der Waals surface area (Å²) in [6, 6.07) is 11.3. The minimum Gasteiger partial charge on any atom is -0.384 e. The lowest BCUT2D eigenvalue weighted by Gasteiger charge is -2.35. The van der Waals surface area contributed by atoms with Gasteiger partial charge in [-0.05, 0) is 76.8 Å². The Balaban J connectivity index is 0.756. The van der Waals surface area contributed by atoms with Crippen LogP contribution in [-0.2, 0) is 14.3 Å². The van der Waals surface area contributed by atoms with E-state index in [4.69, 9.17) is 14.5 Å². The molecule has 0 atom stereocenters. The van der Waals surface area contributed by atoms with Crippen molar-refractivity contribution in [1.82, 2.24) is 34.7 Å². The molecule has 1 aliphatic heterocycles. The lowest BCUT2D eigenvalue weighted by atomic mass is 10.0. The number of Topliss-reactive ketones (excluding diaryl/α,β-unsaturated/α-hetero) is 1. The van der Waals surface area contributed by atoms with Crippen LogP contribution in [0.3, 0.4) is 0 Å². The van der Waals surface area contributed by atoms with E-state index in [9.17, 15) is 19.2 Å². The van der Waals surface area contributed by atoms with Crippen molar-refractivity contribution in [3.05, 3.63) is 86.4 Å². The molecule has 334 valence electrons. The lowest BCUT2D eigenvalue weighted by Crippen LogP contribution is -2.49. The molecule has 7 rings (SSSR count). The summed E-state index contributed by atoms with van der Waals surface area (Å²) >= 11 is 1.46. The first-order chi connectivity index (χ1) is 30.5. The minimum absolute atomic E-state index is 0.00160. The van der Waals surface area contributed by atoms with Crippen LogP contribution in [0.4, 0.5) is 28.3 Å². The highest BCUT2D eigenvalue weighted by Crippen LogP contribution is 2.32. The molecular formula is C45H57N11O6S. The summed E-state index contributed by atoms with van der Waals surface area (Å²) in [4.78, 5) is 75.3. The van der Waals surface area contributed by atoms with E-state index in [0.717, 1.165) is 80.2 Å². The van der Waals surface area contributed by atoms with Crippen LogP contribution in [0.25, 0.3) is 11.0 Å². The highest BCUT2D eigenvalue weighted by atomic mass is 32.1. The molecule has 4 aromatic heterocycles. The Morgan fingerprint density at radius 1 is 0.873 bits per heavy atom. The van der Waals surface area contributed by atoms with Crippen molar-refractivity contribution >= 4 is 68.2 Å². The number of benzene rings is 1. The summed E-state index contributed by atoms with van der Waals surface area (Å²) in [6.07, 6.45) is 8.06. The van der Waals surface area contributed by atoms with Gasteiger partial charge in [-0.1, -0.05) is 25.0 Å². The maximum atomic E-state index is 13.6. The van der Waals surface area contributed by atoms with Gasteiger partial charge in [0.2, 0.25) is 11.9 Å². The Hall–Kier alpha value is -5.82. The minimum atomic E-state index is -0.282. The fourth-order valence-electron chi connectivity index (χ4n) is 8.00. The van der Waals surface area contributed by atoms with Gasteiger partial charge in [0.15, 0.2) is 10.9 Å². The zero-order valence-electron chi connectivity index (χ0n) is 36.5. The maximum absolute atomic E-state index is 13.6. The molecule has 1 saturated heterocycles. The molecule has 1 saturated carbocycles. The number of nitrogens with zero attached hydrogens (tertiary/aromatic N) is 7. The fraction of sp³-hybridized carbons (Fsp3) is 0.467. The van der Waals surface area contributed by atoms with Gasteiger partial charge < -0.3 is 30.3 Å². The number of ketones is 1. The van der Waals surface area contributed by atoms with Crippen LogP contribution in [-0.4, -0.2) is 119 Å². The summed E-state index contributed by atoms with van der Waals surface area (Å²) in [5.41, 5.74) is 4.27. The van der Waals surface area contributed by atoms with Gasteiger partial charge in [-0.15, -0.1) is 11.3 Å². The number of para-hydroxylation sites is 1. The number of pyridine rings is 2. The molecule has 18 heteroatoms. The second kappa shape index (κ2) is 21.5. The van der Waals surface area contributed by atoms with Gasteiger partial charge in [-0.2, -0.15) is 4.98 Å². The van der Waals surface area contributed by atoms with Crippen LogP contribution < -0.4 is 31.7 Å². The number of nitrogens with one attached hydrogen (secondary N) is 4. The van der Waals surface area contributed by atoms with Gasteiger partial charge in [-0.25, -0.2) is 15.0 Å². The highest BCUT2D eigenvalue weighted by molar-refractivity contribution is 7.15. The van der Waals surface area contributed by atoms with Gasteiger partial charge in [-0.3, -0.25) is 34.0 Å². The van der Waals surface area contributed by atoms with E-state index in [2.05, 4.69) is 46.0 Å². The summed E-state index contributed by atoms with van der Waals surface area (Å²) < 4.78 is 13.1. The predicted octanol–water partition coefficient (Wildman–Crippen LogP) is 5.66. The van der Waals surface area contributed by atoms with E-state index in [0.29, 0.717) is 85.1 Å². The van der Waals surface area contributed by atoms with Crippen molar-refractivity contribution in [2.75, 3.05) is 93.1 Å². The normalized spacial score (nSPS) is 14.6. The number of piperazine rings is 1. The summed E-state index contributed by atoms with van der Waals surface area (Å²) in [7, 11) is 0.